The normalized spacial score (nSPS) is 10.1. The molecule has 11 nitrogen and oxygen atoms in total. The fourth-order valence-corrected chi connectivity index (χ4v) is 0.969. The van der Waals surface area contributed by atoms with Crippen molar-refractivity contribution >= 4 is 11.6 Å². The minimum atomic E-state index is -0.690. The first-order valence-electron chi connectivity index (χ1n) is 4.13. The number of ether oxygens (including phenoxy) is 1. The summed E-state index contributed by atoms with van der Waals surface area (Å²) < 4.78 is 4.90. The molecular formula is C6H4N6O5. The molecule has 11 heteroatoms. The largest absolute Gasteiger partial charge is 0.398 e. The van der Waals surface area contributed by atoms with E-state index in [4.69, 9.17) is 4.74 Å². The molecule has 0 spiro atoms. The maximum atomic E-state index is 10.3. The van der Waals surface area contributed by atoms with Crippen molar-refractivity contribution in [2.24, 2.45) is 0 Å². The predicted octanol–water partition coefficient (Wildman–Crippen LogP) is 0.741. The van der Waals surface area contributed by atoms with Gasteiger partial charge in [0.15, 0.2) is 0 Å². The number of nitrogens with one attached hydrogen (secondary N) is 2. The van der Waals surface area contributed by atoms with Gasteiger partial charge >= 0.3 is 23.7 Å². The number of rotatable bonds is 4. The smallest absolute Gasteiger partial charge is 0.358 e. The maximum absolute atomic E-state index is 10.3. The number of nitro groups is 2. The molecular weight excluding hydrogens is 236 g/mol. The highest BCUT2D eigenvalue weighted by atomic mass is 16.6. The lowest BCUT2D eigenvalue weighted by atomic mass is 10.8. The van der Waals surface area contributed by atoms with E-state index in [1.807, 2.05) is 0 Å². The zero-order valence-corrected chi connectivity index (χ0v) is 7.98. The number of hydrogen-bond donors (Lipinski definition) is 2. The van der Waals surface area contributed by atoms with Crippen molar-refractivity contribution < 1.29 is 14.6 Å². The second-order valence-electron chi connectivity index (χ2n) is 2.76. The molecule has 2 rings (SSSR count). The first-order chi connectivity index (χ1) is 8.06. The number of imidazole rings is 2. The highest BCUT2D eigenvalue weighted by molar-refractivity contribution is 5.22. The third-order valence-corrected chi connectivity index (χ3v) is 1.66. The molecule has 0 fully saturated rings. The summed E-state index contributed by atoms with van der Waals surface area (Å²) in [5, 5.41) is 20.7. The van der Waals surface area contributed by atoms with Crippen LogP contribution in [-0.2, 0) is 0 Å². The maximum Gasteiger partial charge on any atom is 0.398 e. The predicted molar refractivity (Wildman–Crippen MR) is 50.6 cm³/mol. The summed E-state index contributed by atoms with van der Waals surface area (Å²) in [6.07, 6.45) is 1.90. The molecule has 17 heavy (non-hydrogen) atoms. The van der Waals surface area contributed by atoms with Gasteiger partial charge in [0.05, 0.1) is 0 Å². The molecule has 0 aliphatic carbocycles. The Labute approximate surface area is 91.8 Å². The summed E-state index contributed by atoms with van der Waals surface area (Å²) in [5.74, 6) is -0.720. The van der Waals surface area contributed by atoms with Gasteiger partial charge in [-0.1, -0.05) is 0 Å². The van der Waals surface area contributed by atoms with E-state index in [2.05, 4.69) is 19.9 Å². The van der Waals surface area contributed by atoms with E-state index in [-0.39, 0.29) is 23.7 Å². The number of aromatic amines is 2. The Hall–Kier alpha value is -2.98. The van der Waals surface area contributed by atoms with Gasteiger partial charge in [0.1, 0.15) is 12.4 Å². The molecule has 0 aromatic carbocycles. The van der Waals surface area contributed by atoms with Gasteiger partial charge in [-0.25, -0.2) is 0 Å². The van der Waals surface area contributed by atoms with Crippen molar-refractivity contribution in [2.45, 2.75) is 0 Å². The van der Waals surface area contributed by atoms with E-state index in [0.717, 1.165) is 12.4 Å². The number of nitrogens with zero attached hydrogens (tertiary/aromatic N) is 4. The van der Waals surface area contributed by atoms with Crippen LogP contribution in [0.15, 0.2) is 12.4 Å². The number of H-pyrrole nitrogens is 2. The van der Waals surface area contributed by atoms with Crippen LogP contribution in [0, 0.1) is 20.2 Å². The standard InChI is InChI=1S/C6H4N6O5/c13-11(14)3-1-7-5(9-3)17-6-8-2-4(10-6)12(15)16/h1-2H,(H,7,9)(H,8,10). The summed E-state index contributed by atoms with van der Waals surface area (Å²) in [5.41, 5.74) is 0. The lowest BCUT2D eigenvalue weighted by molar-refractivity contribution is -0.389. The third-order valence-electron chi connectivity index (χ3n) is 1.66. The zero-order chi connectivity index (χ0) is 12.4. The van der Waals surface area contributed by atoms with Crippen LogP contribution in [0.2, 0.25) is 0 Å². The highest BCUT2D eigenvalue weighted by Gasteiger charge is 2.17. The van der Waals surface area contributed by atoms with Crippen LogP contribution in [0.3, 0.4) is 0 Å². The lowest BCUT2D eigenvalue weighted by Crippen LogP contribution is -1.91. The molecule has 0 saturated heterocycles. The Bertz CT molecular complexity index is 523. The van der Waals surface area contributed by atoms with Crippen molar-refractivity contribution in [1.29, 1.82) is 0 Å². The van der Waals surface area contributed by atoms with Crippen molar-refractivity contribution in [1.82, 2.24) is 19.9 Å². The summed E-state index contributed by atoms with van der Waals surface area (Å²) in [6.45, 7) is 0. The van der Waals surface area contributed by atoms with Gasteiger partial charge in [-0.3, -0.25) is 0 Å². The van der Waals surface area contributed by atoms with E-state index in [1.54, 1.807) is 0 Å². The van der Waals surface area contributed by atoms with Gasteiger partial charge in [0.25, 0.3) is 0 Å². The van der Waals surface area contributed by atoms with Crippen LogP contribution >= 0.6 is 0 Å². The topological polar surface area (TPSA) is 153 Å². The minimum Gasteiger partial charge on any atom is -0.358 e. The van der Waals surface area contributed by atoms with Crippen molar-refractivity contribution in [3.63, 3.8) is 0 Å². The fraction of sp³-hybridized carbons (Fsp3) is 0. The zero-order valence-electron chi connectivity index (χ0n) is 7.98. The van der Waals surface area contributed by atoms with Gasteiger partial charge in [-0.05, 0) is 9.85 Å². The minimum absolute atomic E-state index is 0.194. The Balaban J connectivity index is 2.13. The average Bonchev–Trinajstić information content (AvgIpc) is 2.87. The van der Waals surface area contributed by atoms with Gasteiger partial charge in [0, 0.05) is 0 Å². The van der Waals surface area contributed by atoms with Crippen LogP contribution in [0.1, 0.15) is 0 Å². The molecule has 2 heterocycles. The van der Waals surface area contributed by atoms with E-state index >= 15 is 0 Å². The second-order valence-corrected chi connectivity index (χ2v) is 2.76. The van der Waals surface area contributed by atoms with Gasteiger partial charge in [-0.15, -0.1) is 0 Å². The molecule has 0 aliphatic heterocycles. The average molecular weight is 240 g/mol. The second kappa shape index (κ2) is 3.88. The summed E-state index contributed by atoms with van der Waals surface area (Å²) in [4.78, 5) is 30.8. The number of aromatic nitrogens is 4. The van der Waals surface area contributed by atoms with Crippen LogP contribution < -0.4 is 4.74 Å². The quantitative estimate of drug-likeness (QED) is 0.589. The van der Waals surface area contributed by atoms with Crippen LogP contribution in [0.25, 0.3) is 0 Å². The molecule has 0 saturated carbocycles. The van der Waals surface area contributed by atoms with Crippen LogP contribution in [0.4, 0.5) is 11.6 Å². The Morgan fingerprint density at radius 3 is 1.71 bits per heavy atom. The first-order valence-corrected chi connectivity index (χ1v) is 4.13. The van der Waals surface area contributed by atoms with Gasteiger partial charge < -0.3 is 25.0 Å². The molecule has 0 atom stereocenters. The SMILES string of the molecule is O=[N+]([O-])c1cnc(Oc2ncc([N+](=O)[O-])[nH]2)[nH]1. The van der Waals surface area contributed by atoms with Gasteiger partial charge in [0.2, 0.25) is 0 Å². The van der Waals surface area contributed by atoms with E-state index in [0.29, 0.717) is 0 Å². The molecule has 2 aromatic heterocycles. The molecule has 0 aliphatic rings. The Morgan fingerprint density at radius 1 is 1.00 bits per heavy atom. The molecule has 2 N–H and O–H groups in total. The van der Waals surface area contributed by atoms with Crippen molar-refractivity contribution in [2.75, 3.05) is 0 Å². The molecule has 0 bridgehead atoms. The Morgan fingerprint density at radius 2 is 1.41 bits per heavy atom. The summed E-state index contributed by atoms with van der Waals surface area (Å²) in [7, 11) is 0. The molecule has 2 aromatic rings. The number of hydrogen-bond acceptors (Lipinski definition) is 7. The van der Waals surface area contributed by atoms with Crippen LogP contribution in [0.5, 0.6) is 12.0 Å². The lowest BCUT2D eigenvalue weighted by Gasteiger charge is -1.89. The summed E-state index contributed by atoms with van der Waals surface area (Å²) >= 11 is 0. The molecule has 0 unspecified atom stereocenters. The first kappa shape index (κ1) is 10.5. The van der Waals surface area contributed by atoms with Crippen molar-refractivity contribution in [3.8, 4) is 12.0 Å². The third kappa shape index (κ3) is 2.17. The monoisotopic (exact) mass is 240 g/mol. The highest BCUT2D eigenvalue weighted by Crippen LogP contribution is 2.19. The van der Waals surface area contributed by atoms with Gasteiger partial charge in [-0.2, -0.15) is 19.9 Å². The van der Waals surface area contributed by atoms with Crippen LogP contribution in [-0.4, -0.2) is 29.8 Å². The van der Waals surface area contributed by atoms with E-state index in [9.17, 15) is 20.2 Å². The molecule has 0 radical (unpaired) electrons. The molecule has 88 valence electrons. The summed E-state index contributed by atoms with van der Waals surface area (Å²) in [6, 6.07) is -0.387. The molecule has 0 amide bonds. The van der Waals surface area contributed by atoms with E-state index < -0.39 is 9.85 Å². The fourth-order valence-electron chi connectivity index (χ4n) is 0.969. The van der Waals surface area contributed by atoms with E-state index in [1.165, 1.54) is 0 Å². The van der Waals surface area contributed by atoms with Crippen molar-refractivity contribution in [3.05, 3.63) is 32.6 Å². The Kier molecular flexibility index (Phi) is 2.40.